The second-order valence-corrected chi connectivity index (χ2v) is 8.32. The van der Waals surface area contributed by atoms with Gasteiger partial charge in [-0.05, 0) is 31.4 Å². The normalized spacial score (nSPS) is 14.9. The van der Waals surface area contributed by atoms with Crippen LogP contribution in [0.3, 0.4) is 0 Å². The van der Waals surface area contributed by atoms with E-state index in [9.17, 15) is 27.6 Å². The second-order valence-electron chi connectivity index (χ2n) is 8.32. The Bertz CT molecular complexity index is 1300. The van der Waals surface area contributed by atoms with Gasteiger partial charge < -0.3 is 19.1 Å². The van der Waals surface area contributed by atoms with E-state index < -0.39 is 17.8 Å². The Morgan fingerprint density at radius 1 is 1.08 bits per heavy atom. The lowest BCUT2D eigenvalue weighted by Gasteiger charge is -2.30. The number of benzene rings is 1. The monoisotopic (exact) mass is 535 g/mol. The van der Waals surface area contributed by atoms with Gasteiger partial charge in [-0.2, -0.15) is 18.4 Å². The molecule has 5 rings (SSSR count). The van der Waals surface area contributed by atoms with Gasteiger partial charge >= 0.3 is 6.18 Å². The van der Waals surface area contributed by atoms with E-state index in [2.05, 4.69) is 26.2 Å². The first-order valence-electron chi connectivity index (χ1n) is 12.3. The molecule has 4 heterocycles. The molecule has 1 fully saturated rings. The number of hydrogen-bond donors (Lipinski definition) is 0. The van der Waals surface area contributed by atoms with Crippen molar-refractivity contribution in [2.24, 2.45) is 0 Å². The lowest BCUT2D eigenvalue weighted by Crippen LogP contribution is -2.34. The fraction of sp³-hybridized carbons (Fsp3) is 0.480. The molecule has 9 nitrogen and oxygen atoms in total. The zero-order valence-electron chi connectivity index (χ0n) is 21.4. The van der Waals surface area contributed by atoms with Crippen molar-refractivity contribution in [3.8, 4) is 11.8 Å². The van der Waals surface area contributed by atoms with Gasteiger partial charge in [-0.3, -0.25) is 9.78 Å². The van der Waals surface area contributed by atoms with Gasteiger partial charge in [0.25, 0.3) is 0 Å². The zero-order chi connectivity index (χ0) is 27.9. The topological polar surface area (TPSA) is 100 Å². The molecular weight excluding hydrogens is 506 g/mol. The molecule has 0 atom stereocenters. The highest BCUT2D eigenvalue weighted by molar-refractivity contribution is 5.95. The Morgan fingerprint density at radius 2 is 1.79 bits per heavy atom. The van der Waals surface area contributed by atoms with E-state index in [1.165, 1.54) is 24.6 Å². The van der Waals surface area contributed by atoms with Crippen LogP contribution in [0.4, 0.5) is 23.2 Å². The maximum Gasteiger partial charge on any atom is 0.451 e. The Labute approximate surface area is 217 Å². The number of halogens is 4. The number of nitrogens with zero attached hydrogens (tertiary/aromatic N) is 7. The molecule has 2 aromatic heterocycles. The minimum Gasteiger partial charge on any atom is -0.494 e. The lowest BCUT2D eigenvalue weighted by atomic mass is 10.0. The number of ether oxygens (including phenoxy) is 1. The summed E-state index contributed by atoms with van der Waals surface area (Å²) >= 11 is 0. The summed E-state index contributed by atoms with van der Waals surface area (Å²) in [7, 11) is 1.43. The Morgan fingerprint density at radius 3 is 2.39 bits per heavy atom. The van der Waals surface area contributed by atoms with Crippen LogP contribution in [0.5, 0.6) is 5.75 Å². The van der Waals surface area contributed by atoms with Crippen molar-refractivity contribution in [3.63, 3.8) is 0 Å². The SMILES string of the molecule is CC.COc1ccc2c(N3CCCCC3)c(C#N)cnc2c1F.O=CN1CCn2c(nnc2C(F)(F)F)C1. The van der Waals surface area contributed by atoms with E-state index in [-0.39, 0.29) is 36.7 Å². The number of nitriles is 1. The number of pyridine rings is 1. The number of rotatable bonds is 3. The molecule has 0 spiro atoms. The molecular formula is C25H29F4N7O2. The number of carbonyl (C=O) groups is 1. The third-order valence-electron chi connectivity index (χ3n) is 6.11. The Kier molecular flexibility index (Phi) is 9.44. The number of carbonyl (C=O) groups excluding carboxylic acids is 1. The highest BCUT2D eigenvalue weighted by Gasteiger charge is 2.39. The molecule has 0 saturated carbocycles. The van der Waals surface area contributed by atoms with Crippen molar-refractivity contribution in [3.05, 3.63) is 41.4 Å². The maximum atomic E-state index is 14.4. The zero-order valence-corrected chi connectivity index (χ0v) is 21.4. The molecule has 3 aromatic rings. The van der Waals surface area contributed by atoms with Crippen molar-refractivity contribution < 1.29 is 27.1 Å². The smallest absolute Gasteiger partial charge is 0.451 e. The van der Waals surface area contributed by atoms with Gasteiger partial charge in [0.05, 0.1) is 24.9 Å². The van der Waals surface area contributed by atoms with Crippen LogP contribution in [0.25, 0.3) is 10.9 Å². The average molecular weight is 536 g/mol. The largest absolute Gasteiger partial charge is 0.494 e. The number of fused-ring (bicyclic) bond motifs is 2. The molecule has 2 aliphatic heterocycles. The minimum absolute atomic E-state index is 0.0760. The van der Waals surface area contributed by atoms with Crippen LogP contribution in [0, 0.1) is 17.1 Å². The van der Waals surface area contributed by atoms with Crippen LogP contribution in [0.1, 0.15) is 50.3 Å². The minimum atomic E-state index is -4.49. The van der Waals surface area contributed by atoms with Gasteiger partial charge in [0, 0.05) is 37.8 Å². The second kappa shape index (κ2) is 12.5. The third-order valence-corrected chi connectivity index (χ3v) is 6.11. The summed E-state index contributed by atoms with van der Waals surface area (Å²) in [6.07, 6.45) is 0.930. The van der Waals surface area contributed by atoms with Crippen molar-refractivity contribution in [2.75, 3.05) is 31.6 Å². The predicted octanol–water partition coefficient (Wildman–Crippen LogP) is 4.54. The summed E-state index contributed by atoms with van der Waals surface area (Å²) in [6.45, 7) is 6.18. The van der Waals surface area contributed by atoms with Crippen LogP contribution in [-0.2, 0) is 24.1 Å². The number of hydrogen-bond acceptors (Lipinski definition) is 7. The molecule has 0 unspecified atom stereocenters. The molecule has 1 aromatic carbocycles. The van der Waals surface area contributed by atoms with Gasteiger partial charge in [0.2, 0.25) is 12.2 Å². The number of anilines is 1. The molecule has 2 aliphatic rings. The number of aromatic nitrogens is 4. The fourth-order valence-electron chi connectivity index (χ4n) is 4.37. The first kappa shape index (κ1) is 28.6. The summed E-state index contributed by atoms with van der Waals surface area (Å²) in [6, 6.07) is 5.55. The van der Waals surface area contributed by atoms with E-state index in [4.69, 9.17) is 4.74 Å². The van der Waals surface area contributed by atoms with Crippen molar-refractivity contribution >= 4 is 23.0 Å². The van der Waals surface area contributed by atoms with Crippen LogP contribution in [0.15, 0.2) is 18.3 Å². The van der Waals surface area contributed by atoms with Crippen molar-refractivity contribution in [1.29, 1.82) is 5.26 Å². The molecule has 0 N–H and O–H groups in total. The van der Waals surface area contributed by atoms with E-state index in [1.54, 1.807) is 12.1 Å². The highest BCUT2D eigenvalue weighted by Crippen LogP contribution is 2.35. The summed E-state index contributed by atoms with van der Waals surface area (Å²) in [5, 5.41) is 16.5. The van der Waals surface area contributed by atoms with E-state index in [0.717, 1.165) is 36.2 Å². The molecule has 38 heavy (non-hydrogen) atoms. The molecule has 204 valence electrons. The van der Waals surface area contributed by atoms with Gasteiger partial charge in [0.1, 0.15) is 11.6 Å². The quantitative estimate of drug-likeness (QED) is 0.359. The number of piperidine rings is 1. The molecule has 0 aliphatic carbocycles. The average Bonchev–Trinajstić information content (AvgIpc) is 3.39. The standard InChI is InChI=1S/C16H16FN3O.C7H7F3N4O.C2H6/c1-21-13-6-5-12-15(14(13)17)19-10-11(9-18)16(12)20-7-3-2-4-8-20;8-7(9,10)6-12-11-5-3-13(4-15)1-2-14(5)6;1-2/h5-6,10H,2-4,7-8H2,1H3;4H,1-3H2;1-2H3. The van der Waals surface area contributed by atoms with E-state index in [1.807, 2.05) is 13.8 Å². The summed E-state index contributed by atoms with van der Waals surface area (Å²) in [4.78, 5) is 18.0. The molecule has 1 amide bonds. The third kappa shape index (κ3) is 5.95. The first-order valence-corrected chi connectivity index (χ1v) is 12.3. The van der Waals surface area contributed by atoms with Crippen LogP contribution < -0.4 is 9.64 Å². The predicted molar refractivity (Wildman–Crippen MR) is 132 cm³/mol. The number of amides is 1. The summed E-state index contributed by atoms with van der Waals surface area (Å²) in [5.41, 5.74) is 1.55. The summed E-state index contributed by atoms with van der Waals surface area (Å²) in [5.74, 6) is -1.13. The molecule has 0 radical (unpaired) electrons. The fourth-order valence-corrected chi connectivity index (χ4v) is 4.37. The summed E-state index contributed by atoms with van der Waals surface area (Å²) < 4.78 is 57.5. The van der Waals surface area contributed by atoms with Crippen molar-refractivity contribution in [2.45, 2.75) is 52.4 Å². The van der Waals surface area contributed by atoms with Crippen LogP contribution >= 0.6 is 0 Å². The lowest BCUT2D eigenvalue weighted by molar-refractivity contribution is -0.148. The van der Waals surface area contributed by atoms with Crippen molar-refractivity contribution in [1.82, 2.24) is 24.6 Å². The van der Waals surface area contributed by atoms with Gasteiger partial charge in [-0.25, -0.2) is 4.39 Å². The molecule has 13 heteroatoms. The molecule has 0 bridgehead atoms. The highest BCUT2D eigenvalue weighted by atomic mass is 19.4. The molecule has 1 saturated heterocycles. The Balaban J connectivity index is 0.000000208. The van der Waals surface area contributed by atoms with Crippen LogP contribution in [0.2, 0.25) is 0 Å². The van der Waals surface area contributed by atoms with Gasteiger partial charge in [-0.1, -0.05) is 13.8 Å². The Hall–Kier alpha value is -3.95. The maximum absolute atomic E-state index is 14.4. The van der Waals surface area contributed by atoms with Gasteiger partial charge in [0.15, 0.2) is 17.4 Å². The van der Waals surface area contributed by atoms with Gasteiger partial charge in [-0.15, -0.1) is 10.2 Å². The van der Waals surface area contributed by atoms with E-state index in [0.29, 0.717) is 17.4 Å². The number of methoxy groups -OCH3 is 1. The number of alkyl halides is 3. The van der Waals surface area contributed by atoms with E-state index >= 15 is 0 Å². The van der Waals surface area contributed by atoms with Crippen LogP contribution in [-0.4, -0.2) is 57.8 Å². The first-order chi connectivity index (χ1) is 18.3.